The van der Waals surface area contributed by atoms with Crippen LogP contribution in [0.1, 0.15) is 30.9 Å². The first-order valence-corrected chi connectivity index (χ1v) is 11.0. The fraction of sp³-hybridized carbons (Fsp3) is 0.400. The summed E-state index contributed by atoms with van der Waals surface area (Å²) in [7, 11) is 1.92. The van der Waals surface area contributed by atoms with Gasteiger partial charge in [-0.25, -0.2) is 9.59 Å². The van der Waals surface area contributed by atoms with Crippen LogP contribution < -0.4 is 4.74 Å². The molecule has 2 aromatic carbocycles. The maximum absolute atomic E-state index is 12.8. The second-order valence-electron chi connectivity index (χ2n) is 7.88. The lowest BCUT2D eigenvalue weighted by molar-refractivity contribution is -0.159. The smallest absolute Gasteiger partial charge is 0.414 e. The molecule has 0 spiro atoms. The van der Waals surface area contributed by atoms with Crippen molar-refractivity contribution < 1.29 is 29.3 Å². The van der Waals surface area contributed by atoms with Crippen LogP contribution in [0.5, 0.6) is 5.75 Å². The number of hydrogen-bond acceptors (Lipinski definition) is 5. The minimum absolute atomic E-state index is 0.136. The van der Waals surface area contributed by atoms with Gasteiger partial charge in [0, 0.05) is 31.6 Å². The molecular weight excluding hydrogens is 424 g/mol. The highest BCUT2D eigenvalue weighted by atomic mass is 16.5. The van der Waals surface area contributed by atoms with Gasteiger partial charge in [-0.15, -0.1) is 0 Å². The first-order valence-electron chi connectivity index (χ1n) is 11.0. The highest BCUT2D eigenvalue weighted by molar-refractivity contribution is 6.27. The van der Waals surface area contributed by atoms with E-state index in [2.05, 4.69) is 29.2 Å². The second-order valence-corrected chi connectivity index (χ2v) is 7.88. The number of amides is 1. The van der Waals surface area contributed by atoms with E-state index in [1.165, 1.54) is 11.1 Å². The molecule has 1 fully saturated rings. The van der Waals surface area contributed by atoms with Crippen molar-refractivity contribution in [2.75, 3.05) is 26.7 Å². The highest BCUT2D eigenvalue weighted by Crippen LogP contribution is 2.25. The third kappa shape index (κ3) is 8.57. The van der Waals surface area contributed by atoms with Crippen LogP contribution in [0.2, 0.25) is 0 Å². The number of hydrogen-bond donors (Lipinski definition) is 2. The van der Waals surface area contributed by atoms with Gasteiger partial charge < -0.3 is 19.8 Å². The number of rotatable bonds is 7. The Labute approximate surface area is 194 Å². The van der Waals surface area contributed by atoms with Gasteiger partial charge in [0.25, 0.3) is 0 Å². The summed E-state index contributed by atoms with van der Waals surface area (Å²) in [5.41, 5.74) is 2.41. The number of aliphatic carboxylic acids is 2. The third-order valence-electron chi connectivity index (χ3n) is 5.42. The molecule has 2 N–H and O–H groups in total. The SMILES string of the molecule is CCOc1ccccc1CN1CCC(C(=O)N(C)Cc2ccccc2)CC1.O=C(O)C(=O)O. The number of carbonyl (C=O) groups excluding carboxylic acids is 1. The van der Waals surface area contributed by atoms with Crippen molar-refractivity contribution in [1.29, 1.82) is 0 Å². The average Bonchev–Trinajstić information content (AvgIpc) is 2.81. The Morgan fingerprint density at radius 1 is 0.970 bits per heavy atom. The topological polar surface area (TPSA) is 107 Å². The summed E-state index contributed by atoms with van der Waals surface area (Å²) in [6, 6.07) is 18.4. The molecular formula is C25H32N2O6. The largest absolute Gasteiger partial charge is 0.494 e. The molecule has 8 nitrogen and oxygen atoms in total. The molecule has 1 aliphatic rings. The number of carboxylic acid groups (broad SMARTS) is 2. The average molecular weight is 457 g/mol. The van der Waals surface area contributed by atoms with Crippen LogP contribution in [0, 0.1) is 5.92 Å². The zero-order valence-electron chi connectivity index (χ0n) is 19.1. The minimum Gasteiger partial charge on any atom is -0.494 e. The number of benzene rings is 2. The van der Waals surface area contributed by atoms with Crippen LogP contribution in [0.4, 0.5) is 0 Å². The molecule has 178 valence electrons. The molecule has 2 aromatic rings. The van der Waals surface area contributed by atoms with E-state index in [1.807, 2.05) is 49.2 Å². The zero-order chi connectivity index (χ0) is 24.2. The molecule has 1 amide bonds. The Bertz CT molecular complexity index is 898. The van der Waals surface area contributed by atoms with E-state index in [-0.39, 0.29) is 11.8 Å². The molecule has 8 heteroatoms. The van der Waals surface area contributed by atoms with Gasteiger partial charge >= 0.3 is 11.9 Å². The molecule has 33 heavy (non-hydrogen) atoms. The molecule has 0 aliphatic carbocycles. The number of para-hydroxylation sites is 1. The van der Waals surface area contributed by atoms with Gasteiger partial charge in [-0.05, 0) is 44.5 Å². The second kappa shape index (κ2) is 13.2. The first-order chi connectivity index (χ1) is 15.8. The number of piperidine rings is 1. The van der Waals surface area contributed by atoms with Crippen molar-refractivity contribution in [3.63, 3.8) is 0 Å². The molecule has 0 unspecified atom stereocenters. The predicted molar refractivity (Wildman–Crippen MR) is 124 cm³/mol. The molecule has 0 saturated carbocycles. The van der Waals surface area contributed by atoms with Crippen LogP contribution in [-0.4, -0.2) is 64.6 Å². The fourth-order valence-corrected chi connectivity index (χ4v) is 3.76. The monoisotopic (exact) mass is 456 g/mol. The Hall–Kier alpha value is -3.39. The number of carboxylic acids is 2. The maximum atomic E-state index is 12.8. The van der Waals surface area contributed by atoms with E-state index in [1.54, 1.807) is 0 Å². The van der Waals surface area contributed by atoms with Crippen molar-refractivity contribution in [1.82, 2.24) is 9.80 Å². The summed E-state index contributed by atoms with van der Waals surface area (Å²) in [5.74, 6) is -2.27. The molecule has 0 atom stereocenters. The number of carbonyl (C=O) groups is 3. The van der Waals surface area contributed by atoms with Gasteiger partial charge in [-0.3, -0.25) is 9.69 Å². The van der Waals surface area contributed by atoms with Crippen molar-refractivity contribution >= 4 is 17.8 Å². The van der Waals surface area contributed by atoms with Gasteiger partial charge in [0.05, 0.1) is 6.61 Å². The summed E-state index contributed by atoms with van der Waals surface area (Å²) < 4.78 is 5.74. The van der Waals surface area contributed by atoms with Crippen molar-refractivity contribution in [2.45, 2.75) is 32.9 Å². The molecule has 3 rings (SSSR count). The summed E-state index contributed by atoms with van der Waals surface area (Å²) >= 11 is 0. The van der Waals surface area contributed by atoms with Crippen LogP contribution >= 0.6 is 0 Å². The Morgan fingerprint density at radius 3 is 2.12 bits per heavy atom. The van der Waals surface area contributed by atoms with Crippen molar-refractivity contribution in [3.8, 4) is 5.75 Å². The molecule has 0 bridgehead atoms. The van der Waals surface area contributed by atoms with Gasteiger partial charge in [0.15, 0.2) is 0 Å². The predicted octanol–water partition coefficient (Wildman–Crippen LogP) is 3.11. The molecule has 1 saturated heterocycles. The lowest BCUT2D eigenvalue weighted by Gasteiger charge is -2.33. The van der Waals surface area contributed by atoms with Gasteiger partial charge in [0.1, 0.15) is 5.75 Å². The molecule has 0 radical (unpaired) electrons. The van der Waals surface area contributed by atoms with Gasteiger partial charge in [-0.1, -0.05) is 48.5 Å². The van der Waals surface area contributed by atoms with Gasteiger partial charge in [-0.2, -0.15) is 0 Å². The maximum Gasteiger partial charge on any atom is 0.414 e. The number of ether oxygens (including phenoxy) is 1. The highest BCUT2D eigenvalue weighted by Gasteiger charge is 2.27. The zero-order valence-corrected chi connectivity index (χ0v) is 19.1. The van der Waals surface area contributed by atoms with Crippen LogP contribution in [0.3, 0.4) is 0 Å². The first kappa shape index (κ1) is 25.9. The fourth-order valence-electron chi connectivity index (χ4n) is 3.76. The number of nitrogens with zero attached hydrogens (tertiary/aromatic N) is 2. The van der Waals surface area contributed by atoms with E-state index < -0.39 is 11.9 Å². The lowest BCUT2D eigenvalue weighted by Crippen LogP contribution is -2.40. The van der Waals surface area contributed by atoms with Crippen molar-refractivity contribution in [2.24, 2.45) is 5.92 Å². The summed E-state index contributed by atoms with van der Waals surface area (Å²) in [5, 5.41) is 14.8. The molecule has 1 aliphatic heterocycles. The quantitative estimate of drug-likeness (QED) is 0.617. The van der Waals surface area contributed by atoms with Gasteiger partial charge in [0.2, 0.25) is 5.91 Å². The third-order valence-corrected chi connectivity index (χ3v) is 5.42. The van der Waals surface area contributed by atoms with Crippen LogP contribution in [-0.2, 0) is 27.5 Å². The normalized spacial score (nSPS) is 14.0. The lowest BCUT2D eigenvalue weighted by atomic mass is 9.95. The number of likely N-dealkylation sites (tertiary alicyclic amines) is 1. The molecule has 0 aromatic heterocycles. The van der Waals surface area contributed by atoms with E-state index in [0.29, 0.717) is 13.2 Å². The van der Waals surface area contributed by atoms with E-state index in [4.69, 9.17) is 24.5 Å². The summed E-state index contributed by atoms with van der Waals surface area (Å²) in [6.45, 7) is 6.17. The van der Waals surface area contributed by atoms with E-state index in [9.17, 15) is 4.79 Å². The Kier molecular flexibility index (Phi) is 10.4. The van der Waals surface area contributed by atoms with Crippen molar-refractivity contribution in [3.05, 3.63) is 65.7 Å². The summed E-state index contributed by atoms with van der Waals surface area (Å²) in [6.07, 6.45) is 1.85. The van der Waals surface area contributed by atoms with E-state index in [0.717, 1.165) is 38.2 Å². The van der Waals surface area contributed by atoms with Crippen LogP contribution in [0.15, 0.2) is 54.6 Å². The van der Waals surface area contributed by atoms with E-state index >= 15 is 0 Å². The standard InChI is InChI=1S/C23H30N2O2.C2H2O4/c1-3-27-22-12-8-7-11-21(22)18-25-15-13-20(14-16-25)23(26)24(2)17-19-9-5-4-6-10-19;3-1(4)2(5)6/h4-12,20H,3,13-18H2,1-2H3;(H,3,4)(H,5,6). The summed E-state index contributed by atoms with van der Waals surface area (Å²) in [4.78, 5) is 35.3. The molecule has 1 heterocycles. The Morgan fingerprint density at radius 2 is 1.55 bits per heavy atom. The minimum atomic E-state index is -1.82. The van der Waals surface area contributed by atoms with Crippen LogP contribution in [0.25, 0.3) is 0 Å². The Balaban J connectivity index is 0.000000569.